The van der Waals surface area contributed by atoms with Gasteiger partial charge in [-0.05, 0) is 56.2 Å². The first-order valence-corrected chi connectivity index (χ1v) is 8.98. The van der Waals surface area contributed by atoms with Crippen molar-refractivity contribution < 1.29 is 24.1 Å². The molecule has 0 amide bonds. The summed E-state index contributed by atoms with van der Waals surface area (Å²) in [5.41, 5.74) is 1.79. The fourth-order valence-electron chi connectivity index (χ4n) is 2.39. The normalized spacial score (nSPS) is 10.5. The largest absolute Gasteiger partial charge is 0.508 e. The molecule has 138 valence electrons. The van der Waals surface area contributed by atoms with Crippen molar-refractivity contribution in [2.24, 2.45) is 0 Å². The number of carbonyl (C=O) groups is 1. The number of methoxy groups -OCH3 is 1. The van der Waals surface area contributed by atoms with Crippen molar-refractivity contribution in [3.8, 4) is 11.5 Å². The predicted octanol–water partition coefficient (Wildman–Crippen LogP) is 4.82. The van der Waals surface area contributed by atoms with E-state index >= 15 is 0 Å². The highest BCUT2D eigenvalue weighted by Gasteiger charge is 2.23. The van der Waals surface area contributed by atoms with E-state index in [4.69, 9.17) is 4.74 Å². The van der Waals surface area contributed by atoms with E-state index in [0.29, 0.717) is 17.7 Å². The summed E-state index contributed by atoms with van der Waals surface area (Å²) in [7, 11) is 1.24. The molecule has 0 aromatic heterocycles. The average Bonchev–Trinajstić information content (AvgIpc) is 2.60. The van der Waals surface area contributed by atoms with Crippen molar-refractivity contribution in [1.29, 1.82) is 0 Å². The molecule has 4 nitrogen and oxygen atoms in total. The average molecular weight is 376 g/mol. The molecule has 0 saturated heterocycles. The predicted molar refractivity (Wildman–Crippen MR) is 100 cm³/mol. The molecule has 0 aliphatic rings. The van der Waals surface area contributed by atoms with E-state index in [1.165, 1.54) is 37.1 Å². The standard InChI is InChI=1S/C20H21FO4S/c1-12(2)4-9-16-17(22)10-13(18(19(16)23)20(24)25-3)11-26-15-7-5-14(21)6-8-15/h4-8,10,22-23H,9,11H2,1-3H3. The zero-order valence-corrected chi connectivity index (χ0v) is 15.7. The van der Waals surface area contributed by atoms with Gasteiger partial charge < -0.3 is 14.9 Å². The number of thioether (sulfide) groups is 1. The molecule has 2 aromatic carbocycles. The molecule has 2 rings (SSSR count). The highest BCUT2D eigenvalue weighted by molar-refractivity contribution is 7.98. The van der Waals surface area contributed by atoms with Crippen LogP contribution in [0.5, 0.6) is 11.5 Å². The molecule has 0 saturated carbocycles. The van der Waals surface area contributed by atoms with Crippen LogP contribution in [0.15, 0.2) is 46.9 Å². The first-order chi connectivity index (χ1) is 12.3. The molecule has 0 bridgehead atoms. The quantitative estimate of drug-likeness (QED) is 0.430. The number of allylic oxidation sites excluding steroid dienone is 2. The SMILES string of the molecule is COC(=O)c1c(CSc2ccc(F)cc2)cc(O)c(CC=C(C)C)c1O. The Kier molecular flexibility index (Phi) is 6.69. The second kappa shape index (κ2) is 8.76. The monoisotopic (exact) mass is 376 g/mol. The van der Waals surface area contributed by atoms with Gasteiger partial charge in [0.25, 0.3) is 0 Å². The van der Waals surface area contributed by atoms with Crippen LogP contribution in [0.4, 0.5) is 4.39 Å². The van der Waals surface area contributed by atoms with Gasteiger partial charge in [0.1, 0.15) is 22.9 Å². The Morgan fingerprint density at radius 2 is 1.88 bits per heavy atom. The number of hydrogen-bond donors (Lipinski definition) is 2. The van der Waals surface area contributed by atoms with E-state index in [-0.39, 0.29) is 28.4 Å². The third kappa shape index (κ3) is 4.79. The molecule has 6 heteroatoms. The van der Waals surface area contributed by atoms with Gasteiger partial charge in [-0.3, -0.25) is 0 Å². The lowest BCUT2D eigenvalue weighted by Gasteiger charge is -2.15. The van der Waals surface area contributed by atoms with E-state index in [9.17, 15) is 19.4 Å². The lowest BCUT2D eigenvalue weighted by atomic mass is 9.99. The number of rotatable bonds is 6. The summed E-state index contributed by atoms with van der Waals surface area (Å²) in [4.78, 5) is 13.0. The van der Waals surface area contributed by atoms with Gasteiger partial charge in [0.15, 0.2) is 0 Å². The van der Waals surface area contributed by atoms with Gasteiger partial charge in [-0.2, -0.15) is 0 Å². The molecule has 0 fully saturated rings. The summed E-state index contributed by atoms with van der Waals surface area (Å²) >= 11 is 1.36. The molecule has 0 heterocycles. The van der Waals surface area contributed by atoms with Gasteiger partial charge in [0.05, 0.1) is 7.11 Å². The van der Waals surface area contributed by atoms with Gasteiger partial charge >= 0.3 is 5.97 Å². The van der Waals surface area contributed by atoms with Crippen LogP contribution < -0.4 is 0 Å². The minimum absolute atomic E-state index is 0.0390. The number of phenolic OH excluding ortho intramolecular Hbond substituents is 2. The van der Waals surface area contributed by atoms with Gasteiger partial charge in [0, 0.05) is 16.2 Å². The third-order valence-corrected chi connectivity index (χ3v) is 4.84. The van der Waals surface area contributed by atoms with E-state index in [1.807, 2.05) is 19.9 Å². The number of benzene rings is 2. The van der Waals surface area contributed by atoms with Gasteiger partial charge in [-0.15, -0.1) is 11.8 Å². The zero-order chi connectivity index (χ0) is 19.3. The van der Waals surface area contributed by atoms with Gasteiger partial charge in [-0.1, -0.05) is 11.6 Å². The first kappa shape index (κ1) is 19.8. The number of halogens is 1. The lowest BCUT2D eigenvalue weighted by molar-refractivity contribution is 0.0596. The number of carbonyl (C=O) groups excluding carboxylic acids is 1. The molecule has 0 aliphatic heterocycles. The first-order valence-electron chi connectivity index (χ1n) is 8.00. The fraction of sp³-hybridized carbons (Fsp3) is 0.250. The van der Waals surface area contributed by atoms with E-state index < -0.39 is 5.97 Å². The molecule has 0 radical (unpaired) electrons. The fourth-order valence-corrected chi connectivity index (χ4v) is 3.27. The Labute approximate surface area is 156 Å². The second-order valence-electron chi connectivity index (χ2n) is 5.98. The number of hydrogen-bond acceptors (Lipinski definition) is 5. The van der Waals surface area contributed by atoms with Gasteiger partial charge in [0.2, 0.25) is 0 Å². The van der Waals surface area contributed by atoms with Crippen molar-refractivity contribution in [2.75, 3.05) is 7.11 Å². The summed E-state index contributed by atoms with van der Waals surface area (Å²) in [5, 5.41) is 20.8. The van der Waals surface area contributed by atoms with E-state index in [1.54, 1.807) is 12.1 Å². The Morgan fingerprint density at radius 1 is 1.23 bits per heavy atom. The van der Waals surface area contributed by atoms with Crippen LogP contribution in [-0.4, -0.2) is 23.3 Å². The van der Waals surface area contributed by atoms with Crippen LogP contribution in [0, 0.1) is 5.82 Å². The van der Waals surface area contributed by atoms with Crippen LogP contribution in [0.1, 0.15) is 35.3 Å². The topological polar surface area (TPSA) is 66.8 Å². The number of aromatic hydroxyl groups is 2. The summed E-state index contributed by atoms with van der Waals surface area (Å²) in [5.74, 6) is -1.05. The van der Waals surface area contributed by atoms with Crippen molar-refractivity contribution >= 4 is 17.7 Å². The number of phenols is 2. The van der Waals surface area contributed by atoms with Crippen LogP contribution >= 0.6 is 11.8 Å². The smallest absolute Gasteiger partial charge is 0.341 e. The highest BCUT2D eigenvalue weighted by Crippen LogP contribution is 2.37. The molecular weight excluding hydrogens is 355 g/mol. The highest BCUT2D eigenvalue weighted by atomic mass is 32.2. The van der Waals surface area contributed by atoms with Crippen molar-refractivity contribution in [3.05, 3.63) is 64.5 Å². The Bertz CT molecular complexity index is 825. The van der Waals surface area contributed by atoms with Crippen molar-refractivity contribution in [1.82, 2.24) is 0 Å². The zero-order valence-electron chi connectivity index (χ0n) is 14.9. The van der Waals surface area contributed by atoms with E-state index in [2.05, 4.69) is 0 Å². The van der Waals surface area contributed by atoms with Gasteiger partial charge in [-0.25, -0.2) is 9.18 Å². The van der Waals surface area contributed by atoms with Crippen molar-refractivity contribution in [3.63, 3.8) is 0 Å². The maximum Gasteiger partial charge on any atom is 0.341 e. The lowest BCUT2D eigenvalue weighted by Crippen LogP contribution is -2.07. The summed E-state index contributed by atoms with van der Waals surface area (Å²) in [6.07, 6.45) is 2.15. The molecule has 26 heavy (non-hydrogen) atoms. The third-order valence-electron chi connectivity index (χ3n) is 3.78. The molecule has 0 aliphatic carbocycles. The molecule has 0 unspecified atom stereocenters. The maximum absolute atomic E-state index is 13.0. The minimum Gasteiger partial charge on any atom is -0.508 e. The van der Waals surface area contributed by atoms with Crippen LogP contribution in [0.25, 0.3) is 0 Å². The summed E-state index contributed by atoms with van der Waals surface area (Å²) in [6, 6.07) is 7.42. The maximum atomic E-state index is 13.0. The molecular formula is C20H21FO4S. The van der Waals surface area contributed by atoms with Crippen LogP contribution in [-0.2, 0) is 16.9 Å². The Morgan fingerprint density at radius 3 is 2.46 bits per heavy atom. The summed E-state index contributed by atoms with van der Waals surface area (Å²) in [6.45, 7) is 3.81. The van der Waals surface area contributed by atoms with Crippen molar-refractivity contribution in [2.45, 2.75) is 30.9 Å². The Balaban J connectivity index is 2.39. The molecule has 2 aromatic rings. The molecule has 0 spiro atoms. The number of esters is 1. The second-order valence-corrected chi connectivity index (χ2v) is 7.03. The van der Waals surface area contributed by atoms with Crippen LogP contribution in [0.2, 0.25) is 0 Å². The summed E-state index contributed by atoms with van der Waals surface area (Å²) < 4.78 is 17.8. The molecule has 0 atom stereocenters. The minimum atomic E-state index is -0.671. The van der Waals surface area contributed by atoms with Crippen LogP contribution in [0.3, 0.4) is 0 Å². The molecule has 2 N–H and O–H groups in total. The number of ether oxygens (including phenoxy) is 1. The van der Waals surface area contributed by atoms with E-state index in [0.717, 1.165) is 10.5 Å². The Hall–Kier alpha value is -2.47.